The number of nitrogens with zero attached hydrogens (tertiary/aromatic N) is 4. The minimum atomic E-state index is -0.643. The maximum absolute atomic E-state index is 14.7. The summed E-state index contributed by atoms with van der Waals surface area (Å²) in [7, 11) is 2.12. The number of carbonyl (C=O) groups is 1. The number of fused-ring (bicyclic) bond motifs is 7. The van der Waals surface area contributed by atoms with E-state index < -0.39 is 11.6 Å². The van der Waals surface area contributed by atoms with Crippen molar-refractivity contribution < 1.29 is 23.0 Å². The van der Waals surface area contributed by atoms with Crippen molar-refractivity contribution in [2.24, 2.45) is 0 Å². The van der Waals surface area contributed by atoms with Crippen molar-refractivity contribution in [1.82, 2.24) is 25.1 Å². The average Bonchev–Trinajstić information content (AvgIpc) is 2.97. The topological polar surface area (TPSA) is 91.9 Å². The normalized spacial score (nSPS) is 16.9. The lowest BCUT2D eigenvalue weighted by Gasteiger charge is -2.32. The van der Waals surface area contributed by atoms with Crippen molar-refractivity contribution in [2.75, 3.05) is 64.8 Å². The summed E-state index contributed by atoms with van der Waals surface area (Å²) in [5.74, 6) is -0.712. The van der Waals surface area contributed by atoms with Gasteiger partial charge in [0.2, 0.25) is 5.95 Å². The first kappa shape index (κ1) is 28.7. The molecule has 2 aromatic carbocycles. The molecule has 1 amide bonds. The largest absolute Gasteiger partial charge is 0.493 e. The highest BCUT2D eigenvalue weighted by Gasteiger charge is 2.18. The van der Waals surface area contributed by atoms with Gasteiger partial charge >= 0.3 is 0 Å². The maximum atomic E-state index is 14.7. The lowest BCUT2D eigenvalue weighted by atomic mass is 10.1. The van der Waals surface area contributed by atoms with Crippen LogP contribution in [0.3, 0.4) is 0 Å². The molecule has 2 aliphatic heterocycles. The Labute approximate surface area is 238 Å². The highest BCUT2D eigenvalue weighted by atomic mass is 19.1. The average molecular weight is 567 g/mol. The Kier molecular flexibility index (Phi) is 9.58. The number of halogens is 2. The van der Waals surface area contributed by atoms with E-state index in [4.69, 9.17) is 9.47 Å². The molecule has 3 aromatic rings. The first-order chi connectivity index (χ1) is 20.0. The quantitative estimate of drug-likeness (QED) is 0.478. The molecule has 41 heavy (non-hydrogen) atoms. The van der Waals surface area contributed by atoms with Gasteiger partial charge in [-0.1, -0.05) is 0 Å². The third-order valence-corrected chi connectivity index (χ3v) is 7.29. The van der Waals surface area contributed by atoms with Crippen LogP contribution >= 0.6 is 0 Å². The number of anilines is 2. The van der Waals surface area contributed by atoms with Crippen molar-refractivity contribution >= 4 is 17.5 Å². The number of piperazine rings is 1. The number of benzene rings is 2. The van der Waals surface area contributed by atoms with Crippen molar-refractivity contribution in [3.63, 3.8) is 0 Å². The fourth-order valence-electron chi connectivity index (χ4n) is 4.84. The molecule has 2 aliphatic rings. The molecule has 218 valence electrons. The van der Waals surface area contributed by atoms with Crippen LogP contribution in [0.2, 0.25) is 0 Å². The van der Waals surface area contributed by atoms with Crippen molar-refractivity contribution in [2.45, 2.75) is 25.7 Å². The minimum absolute atomic E-state index is 0.0151. The van der Waals surface area contributed by atoms with Gasteiger partial charge in [-0.3, -0.25) is 9.69 Å². The third-order valence-electron chi connectivity index (χ3n) is 7.29. The van der Waals surface area contributed by atoms with Crippen LogP contribution in [0.25, 0.3) is 11.3 Å². The summed E-state index contributed by atoms with van der Waals surface area (Å²) in [6.45, 7) is 6.13. The fraction of sp³-hybridized carbons (Fsp3) is 0.433. The summed E-state index contributed by atoms with van der Waals surface area (Å²) >= 11 is 0. The Bertz CT molecular complexity index is 1350. The smallest absolute Gasteiger partial charge is 0.255 e. The second-order valence-electron chi connectivity index (χ2n) is 10.4. The van der Waals surface area contributed by atoms with Gasteiger partial charge in [0.1, 0.15) is 11.4 Å². The molecule has 5 rings (SSSR count). The number of likely N-dealkylation sites (N-methyl/N-ethyl adjacent to an activating group) is 1. The number of aromatic nitrogens is 2. The zero-order chi connectivity index (χ0) is 28.6. The van der Waals surface area contributed by atoms with E-state index in [1.807, 2.05) is 0 Å². The first-order valence-electron chi connectivity index (χ1n) is 14.1. The van der Waals surface area contributed by atoms with Crippen LogP contribution in [0.1, 0.15) is 36.0 Å². The summed E-state index contributed by atoms with van der Waals surface area (Å²) in [5, 5.41) is 6.10. The van der Waals surface area contributed by atoms with Crippen LogP contribution in [0, 0.1) is 11.6 Å². The van der Waals surface area contributed by atoms with Gasteiger partial charge in [0.25, 0.3) is 5.91 Å². The number of nitrogens with one attached hydrogen (secondary N) is 2. The lowest BCUT2D eigenvalue weighted by molar-refractivity contribution is 0.0937. The number of hydrogen-bond donors (Lipinski definition) is 2. The number of amides is 1. The van der Waals surface area contributed by atoms with Gasteiger partial charge in [-0.2, -0.15) is 0 Å². The van der Waals surface area contributed by atoms with E-state index in [1.54, 1.807) is 18.2 Å². The molecular weight excluding hydrogens is 530 g/mol. The molecule has 0 spiro atoms. The minimum Gasteiger partial charge on any atom is -0.493 e. The zero-order valence-electron chi connectivity index (χ0n) is 23.3. The molecule has 0 saturated carbocycles. The predicted octanol–water partition coefficient (Wildman–Crippen LogP) is 4.47. The van der Waals surface area contributed by atoms with Crippen molar-refractivity contribution in [3.8, 4) is 22.8 Å². The SMILES string of the molecule is CN1CCN(CCNC(=O)c2ccc3cc2OCCCCCCOc2cc(ccc2F)-c2nc(ncc2F)N3)CC1. The highest BCUT2D eigenvalue weighted by molar-refractivity contribution is 5.97. The molecule has 0 radical (unpaired) electrons. The van der Waals surface area contributed by atoms with E-state index in [-0.39, 0.29) is 23.3 Å². The number of ether oxygens (including phenoxy) is 2. The van der Waals surface area contributed by atoms with E-state index in [0.717, 1.165) is 64.6 Å². The van der Waals surface area contributed by atoms with Crippen LogP contribution in [0.5, 0.6) is 11.5 Å². The molecule has 1 fully saturated rings. The second kappa shape index (κ2) is 13.7. The van der Waals surface area contributed by atoms with Gasteiger partial charge < -0.3 is 25.0 Å². The molecule has 11 heteroatoms. The second-order valence-corrected chi connectivity index (χ2v) is 10.4. The molecule has 0 atom stereocenters. The van der Waals surface area contributed by atoms with Gasteiger partial charge in [0.15, 0.2) is 17.4 Å². The zero-order valence-corrected chi connectivity index (χ0v) is 23.3. The summed E-state index contributed by atoms with van der Waals surface area (Å²) < 4.78 is 40.8. The Morgan fingerprint density at radius 2 is 1.71 bits per heavy atom. The Morgan fingerprint density at radius 1 is 0.951 bits per heavy atom. The number of hydrogen-bond acceptors (Lipinski definition) is 8. The Hall–Kier alpha value is -3.83. The summed E-state index contributed by atoms with van der Waals surface area (Å²) in [6.07, 6.45) is 4.34. The van der Waals surface area contributed by atoms with Gasteiger partial charge in [-0.05, 0) is 63.1 Å². The maximum Gasteiger partial charge on any atom is 0.255 e. The van der Waals surface area contributed by atoms with E-state index in [9.17, 15) is 13.6 Å². The van der Waals surface area contributed by atoms with Crippen LogP contribution in [-0.2, 0) is 0 Å². The molecule has 3 heterocycles. The summed E-state index contributed by atoms with van der Waals surface area (Å²) in [6, 6.07) is 9.33. The number of carbonyl (C=O) groups excluding carboxylic acids is 1. The predicted molar refractivity (Wildman–Crippen MR) is 153 cm³/mol. The monoisotopic (exact) mass is 566 g/mol. The van der Waals surface area contributed by atoms with E-state index in [0.29, 0.717) is 42.3 Å². The standard InChI is InChI=1S/C30H36F2N6O3/c1-37-12-14-38(15-13-37)11-10-33-29(39)23-8-7-22-19-26(23)40-16-4-2-3-5-17-41-27-18-21(6-9-24(27)31)28-25(32)20-34-30(35-22)36-28/h6-9,18-20H,2-5,10-17H2,1H3,(H,33,39)(H,34,35,36). The fourth-order valence-corrected chi connectivity index (χ4v) is 4.84. The van der Waals surface area contributed by atoms with Gasteiger partial charge in [-0.15, -0.1) is 0 Å². The molecule has 1 aromatic heterocycles. The summed E-state index contributed by atoms with van der Waals surface area (Å²) in [5.41, 5.74) is 1.41. The van der Waals surface area contributed by atoms with Crippen LogP contribution in [0.4, 0.5) is 20.4 Å². The molecule has 0 aliphatic carbocycles. The van der Waals surface area contributed by atoms with Crippen LogP contribution in [0.15, 0.2) is 42.6 Å². The third kappa shape index (κ3) is 7.68. The van der Waals surface area contributed by atoms with Crippen molar-refractivity contribution in [1.29, 1.82) is 0 Å². The molecule has 2 N–H and O–H groups in total. The highest BCUT2D eigenvalue weighted by Crippen LogP contribution is 2.30. The van der Waals surface area contributed by atoms with Gasteiger partial charge in [0, 0.05) is 56.6 Å². The molecule has 6 bridgehead atoms. The first-order valence-corrected chi connectivity index (χ1v) is 14.1. The molecule has 0 unspecified atom stereocenters. The summed E-state index contributed by atoms with van der Waals surface area (Å²) in [4.78, 5) is 26.2. The molecule has 1 saturated heterocycles. The van der Waals surface area contributed by atoms with Crippen LogP contribution in [-0.4, -0.2) is 85.2 Å². The van der Waals surface area contributed by atoms with E-state index in [1.165, 1.54) is 18.2 Å². The lowest BCUT2D eigenvalue weighted by Crippen LogP contribution is -2.46. The van der Waals surface area contributed by atoms with E-state index in [2.05, 4.69) is 37.4 Å². The van der Waals surface area contributed by atoms with Gasteiger partial charge in [0.05, 0.1) is 25.0 Å². The van der Waals surface area contributed by atoms with Gasteiger partial charge in [-0.25, -0.2) is 18.7 Å². The number of rotatable bonds is 4. The molecular formula is C30H36F2N6O3. The Balaban J connectivity index is 1.35. The van der Waals surface area contributed by atoms with Crippen LogP contribution < -0.4 is 20.1 Å². The van der Waals surface area contributed by atoms with Crippen molar-refractivity contribution in [3.05, 3.63) is 59.8 Å². The van der Waals surface area contributed by atoms with E-state index >= 15 is 0 Å². The molecule has 9 nitrogen and oxygen atoms in total. The Morgan fingerprint density at radius 3 is 2.49 bits per heavy atom.